The third-order valence-corrected chi connectivity index (χ3v) is 5.65. The molecule has 1 heterocycles. The number of rotatable bonds is 6. The van der Waals surface area contributed by atoms with E-state index in [1.54, 1.807) is 0 Å². The van der Waals surface area contributed by atoms with Gasteiger partial charge >= 0.3 is 0 Å². The molecule has 0 saturated heterocycles. The highest BCUT2D eigenvalue weighted by atomic mass is 32.2. The minimum absolute atomic E-state index is 0.0377. The molecule has 22 heavy (non-hydrogen) atoms. The van der Waals surface area contributed by atoms with Crippen molar-refractivity contribution in [1.29, 1.82) is 0 Å². The molecule has 8 heteroatoms. The standard InChI is InChI=1S/C14H16FNO4S2/c1-9-5-6-21-14(9)11(17)8-16-22(18,19)13-7-10(15)3-4-12(13)20-2/h3-7,11,16-17H,8H2,1-2H3. The van der Waals surface area contributed by atoms with Gasteiger partial charge in [-0.1, -0.05) is 0 Å². The Labute approximate surface area is 132 Å². The lowest BCUT2D eigenvalue weighted by Gasteiger charge is -2.14. The number of hydrogen-bond donors (Lipinski definition) is 2. The van der Waals surface area contributed by atoms with Crippen LogP contribution in [0.4, 0.5) is 4.39 Å². The van der Waals surface area contributed by atoms with E-state index in [9.17, 15) is 17.9 Å². The molecule has 0 bridgehead atoms. The molecule has 1 aromatic heterocycles. The number of aliphatic hydroxyl groups excluding tert-OH is 1. The maximum absolute atomic E-state index is 13.3. The van der Waals surface area contributed by atoms with Crippen molar-refractivity contribution >= 4 is 21.4 Å². The van der Waals surface area contributed by atoms with E-state index in [0.717, 1.165) is 17.7 Å². The van der Waals surface area contributed by atoms with Gasteiger partial charge in [0.25, 0.3) is 0 Å². The zero-order valence-electron chi connectivity index (χ0n) is 12.0. The van der Waals surface area contributed by atoms with Crippen molar-refractivity contribution in [1.82, 2.24) is 4.72 Å². The minimum atomic E-state index is -3.99. The normalized spacial score (nSPS) is 13.1. The average molecular weight is 345 g/mol. The van der Waals surface area contributed by atoms with Crippen molar-refractivity contribution in [2.24, 2.45) is 0 Å². The van der Waals surface area contributed by atoms with Crippen molar-refractivity contribution in [2.75, 3.05) is 13.7 Å². The van der Waals surface area contributed by atoms with E-state index in [2.05, 4.69) is 4.72 Å². The second kappa shape index (κ2) is 6.74. The van der Waals surface area contributed by atoms with E-state index >= 15 is 0 Å². The molecule has 0 fully saturated rings. The van der Waals surface area contributed by atoms with E-state index < -0.39 is 21.9 Å². The summed E-state index contributed by atoms with van der Waals surface area (Å²) in [4.78, 5) is 0.388. The van der Waals surface area contributed by atoms with Crippen LogP contribution < -0.4 is 9.46 Å². The van der Waals surface area contributed by atoms with Gasteiger partial charge in [-0.05, 0) is 42.1 Å². The number of aryl methyl sites for hydroxylation is 1. The van der Waals surface area contributed by atoms with E-state index in [4.69, 9.17) is 4.74 Å². The van der Waals surface area contributed by atoms with Crippen LogP contribution in [0, 0.1) is 12.7 Å². The lowest BCUT2D eigenvalue weighted by Crippen LogP contribution is -2.29. The van der Waals surface area contributed by atoms with E-state index in [0.29, 0.717) is 4.88 Å². The lowest BCUT2D eigenvalue weighted by atomic mass is 10.2. The van der Waals surface area contributed by atoms with Gasteiger partial charge in [0.15, 0.2) is 0 Å². The molecule has 1 aromatic carbocycles. The lowest BCUT2D eigenvalue weighted by molar-refractivity contribution is 0.185. The van der Waals surface area contributed by atoms with Gasteiger partial charge in [-0.2, -0.15) is 0 Å². The first-order chi connectivity index (χ1) is 10.3. The Hall–Kier alpha value is -1.48. The number of benzene rings is 1. The topological polar surface area (TPSA) is 75.6 Å². The highest BCUT2D eigenvalue weighted by molar-refractivity contribution is 7.89. The summed E-state index contributed by atoms with van der Waals surface area (Å²) in [5, 5.41) is 11.9. The predicted octanol–water partition coefficient (Wildman–Crippen LogP) is 2.22. The van der Waals surface area contributed by atoms with Gasteiger partial charge < -0.3 is 9.84 Å². The number of nitrogens with one attached hydrogen (secondary N) is 1. The fraction of sp³-hybridized carbons (Fsp3) is 0.286. The van der Waals surface area contributed by atoms with Crippen molar-refractivity contribution in [3.63, 3.8) is 0 Å². The number of sulfonamides is 1. The molecule has 2 rings (SSSR count). The molecule has 0 aliphatic carbocycles. The largest absolute Gasteiger partial charge is 0.495 e. The van der Waals surface area contributed by atoms with Crippen LogP contribution in [0.1, 0.15) is 16.5 Å². The molecule has 2 N–H and O–H groups in total. The van der Waals surface area contributed by atoms with Crippen LogP contribution in [0.3, 0.4) is 0 Å². The Bertz CT molecular complexity index is 758. The summed E-state index contributed by atoms with van der Waals surface area (Å²) in [7, 11) is -2.69. The number of aliphatic hydroxyl groups is 1. The fourth-order valence-electron chi connectivity index (χ4n) is 1.95. The van der Waals surface area contributed by atoms with Crippen molar-refractivity contribution < 1.29 is 22.7 Å². The molecule has 0 spiro atoms. The fourth-order valence-corrected chi connectivity index (χ4v) is 4.08. The van der Waals surface area contributed by atoms with Gasteiger partial charge in [-0.3, -0.25) is 0 Å². The van der Waals surface area contributed by atoms with Crippen LogP contribution >= 0.6 is 11.3 Å². The van der Waals surface area contributed by atoms with Crippen LogP contribution in [0.15, 0.2) is 34.5 Å². The highest BCUT2D eigenvalue weighted by Crippen LogP contribution is 2.26. The Morgan fingerprint density at radius 1 is 1.41 bits per heavy atom. The molecule has 120 valence electrons. The second-order valence-electron chi connectivity index (χ2n) is 4.63. The first-order valence-corrected chi connectivity index (χ1v) is 8.76. The first kappa shape index (κ1) is 16.9. The van der Waals surface area contributed by atoms with Crippen LogP contribution in [-0.4, -0.2) is 27.2 Å². The zero-order chi connectivity index (χ0) is 16.3. The van der Waals surface area contributed by atoms with Crippen LogP contribution in [-0.2, 0) is 10.0 Å². The predicted molar refractivity (Wildman–Crippen MR) is 82.2 cm³/mol. The van der Waals surface area contributed by atoms with E-state index in [1.807, 2.05) is 18.4 Å². The van der Waals surface area contributed by atoms with Crippen LogP contribution in [0.5, 0.6) is 5.75 Å². The third kappa shape index (κ3) is 3.64. The van der Waals surface area contributed by atoms with Crippen LogP contribution in [0.2, 0.25) is 0 Å². The third-order valence-electron chi connectivity index (χ3n) is 3.09. The Balaban J connectivity index is 2.18. The van der Waals surface area contributed by atoms with Crippen LogP contribution in [0.25, 0.3) is 0 Å². The maximum atomic E-state index is 13.3. The Morgan fingerprint density at radius 2 is 2.14 bits per heavy atom. The molecule has 2 aromatic rings. The Morgan fingerprint density at radius 3 is 2.73 bits per heavy atom. The smallest absolute Gasteiger partial charge is 0.244 e. The molecule has 5 nitrogen and oxygen atoms in total. The summed E-state index contributed by atoms with van der Waals surface area (Å²) in [5.41, 5.74) is 0.889. The quantitative estimate of drug-likeness (QED) is 0.842. The molecule has 1 atom stereocenters. The van der Waals surface area contributed by atoms with Crippen molar-refractivity contribution in [2.45, 2.75) is 17.9 Å². The van der Waals surface area contributed by atoms with E-state index in [1.165, 1.54) is 24.5 Å². The number of halogens is 1. The number of hydrogen-bond acceptors (Lipinski definition) is 5. The van der Waals surface area contributed by atoms with Crippen molar-refractivity contribution in [3.8, 4) is 5.75 Å². The monoisotopic (exact) mass is 345 g/mol. The summed E-state index contributed by atoms with van der Waals surface area (Å²) in [5.74, 6) is -0.647. The number of ether oxygens (including phenoxy) is 1. The molecule has 0 aliphatic rings. The summed E-state index contributed by atoms with van der Waals surface area (Å²) < 4.78 is 45.0. The zero-order valence-corrected chi connectivity index (χ0v) is 13.7. The molecule has 0 radical (unpaired) electrons. The number of thiophene rings is 1. The maximum Gasteiger partial charge on any atom is 0.244 e. The SMILES string of the molecule is COc1ccc(F)cc1S(=O)(=O)NCC(O)c1sccc1C. The van der Waals surface area contributed by atoms with Gasteiger partial charge in [-0.25, -0.2) is 17.5 Å². The highest BCUT2D eigenvalue weighted by Gasteiger charge is 2.22. The van der Waals surface area contributed by atoms with Gasteiger partial charge in [0.2, 0.25) is 10.0 Å². The summed E-state index contributed by atoms with van der Waals surface area (Å²) in [6, 6.07) is 5.07. The summed E-state index contributed by atoms with van der Waals surface area (Å²) >= 11 is 1.34. The van der Waals surface area contributed by atoms with Gasteiger partial charge in [0, 0.05) is 11.4 Å². The molecule has 0 amide bonds. The summed E-state index contributed by atoms with van der Waals surface area (Å²) in [6.45, 7) is 1.63. The van der Waals surface area contributed by atoms with Gasteiger partial charge in [0.1, 0.15) is 22.6 Å². The minimum Gasteiger partial charge on any atom is -0.495 e. The Kier molecular flexibility index (Phi) is 5.17. The molecular weight excluding hydrogens is 329 g/mol. The van der Waals surface area contributed by atoms with Crippen molar-refractivity contribution in [3.05, 3.63) is 45.9 Å². The molecule has 0 saturated carbocycles. The van der Waals surface area contributed by atoms with Gasteiger partial charge in [0.05, 0.1) is 7.11 Å². The molecule has 0 aliphatic heterocycles. The first-order valence-electron chi connectivity index (χ1n) is 6.40. The average Bonchev–Trinajstić information content (AvgIpc) is 2.91. The molecular formula is C14H16FNO4S2. The number of methoxy groups -OCH3 is 1. The van der Waals surface area contributed by atoms with Gasteiger partial charge in [-0.15, -0.1) is 11.3 Å². The van der Waals surface area contributed by atoms with E-state index in [-0.39, 0.29) is 17.2 Å². The summed E-state index contributed by atoms with van der Waals surface area (Å²) in [6.07, 6.45) is -0.964. The second-order valence-corrected chi connectivity index (χ2v) is 7.31. The molecule has 1 unspecified atom stereocenters.